The minimum absolute atomic E-state index is 0.184. The normalized spacial score (nSPS) is 10.5. The van der Waals surface area contributed by atoms with Gasteiger partial charge in [0, 0.05) is 4.47 Å². The lowest BCUT2D eigenvalue weighted by Gasteiger charge is -2.04. The maximum atomic E-state index is 12.8. The molecule has 0 aliphatic rings. The van der Waals surface area contributed by atoms with Gasteiger partial charge in [-0.25, -0.2) is 4.39 Å². The standard InChI is InChI=1S/C11H15BrFN/c1-14-7-3-2-4-9-5-6-10(13)8-11(9)12/h5-6,8,14H,2-4,7H2,1H3. The zero-order chi connectivity index (χ0) is 10.4. The number of rotatable bonds is 5. The quantitative estimate of drug-likeness (QED) is 0.802. The molecule has 0 unspecified atom stereocenters. The maximum Gasteiger partial charge on any atom is 0.124 e. The molecule has 1 nitrogen and oxygen atoms in total. The maximum absolute atomic E-state index is 12.8. The monoisotopic (exact) mass is 259 g/mol. The summed E-state index contributed by atoms with van der Waals surface area (Å²) >= 11 is 3.36. The van der Waals surface area contributed by atoms with E-state index in [9.17, 15) is 4.39 Å². The minimum Gasteiger partial charge on any atom is -0.320 e. The molecule has 0 fully saturated rings. The first-order chi connectivity index (χ1) is 6.74. The lowest BCUT2D eigenvalue weighted by Crippen LogP contribution is -2.07. The molecule has 1 aromatic carbocycles. The molecule has 1 rings (SSSR count). The van der Waals surface area contributed by atoms with Crippen LogP contribution in [-0.4, -0.2) is 13.6 Å². The van der Waals surface area contributed by atoms with Gasteiger partial charge in [0.2, 0.25) is 0 Å². The van der Waals surface area contributed by atoms with Gasteiger partial charge < -0.3 is 5.32 Å². The Morgan fingerprint density at radius 3 is 2.79 bits per heavy atom. The summed E-state index contributed by atoms with van der Waals surface area (Å²) in [5.74, 6) is -0.184. The van der Waals surface area contributed by atoms with Crippen LogP contribution in [0.1, 0.15) is 18.4 Å². The molecule has 0 aromatic heterocycles. The summed E-state index contributed by atoms with van der Waals surface area (Å²) in [4.78, 5) is 0. The Kier molecular flexibility index (Phi) is 5.12. The van der Waals surface area contributed by atoms with E-state index in [1.54, 1.807) is 0 Å². The summed E-state index contributed by atoms with van der Waals surface area (Å²) in [5.41, 5.74) is 1.18. The minimum atomic E-state index is -0.184. The van der Waals surface area contributed by atoms with Crippen LogP contribution in [0.25, 0.3) is 0 Å². The Labute approximate surface area is 92.8 Å². The van der Waals surface area contributed by atoms with E-state index in [2.05, 4.69) is 21.2 Å². The number of hydrogen-bond acceptors (Lipinski definition) is 1. The topological polar surface area (TPSA) is 12.0 Å². The number of aryl methyl sites for hydroxylation is 1. The Morgan fingerprint density at radius 2 is 2.14 bits per heavy atom. The van der Waals surface area contributed by atoms with Crippen molar-refractivity contribution in [1.29, 1.82) is 0 Å². The predicted molar refractivity (Wildman–Crippen MR) is 61.0 cm³/mol. The van der Waals surface area contributed by atoms with Crippen molar-refractivity contribution in [3.63, 3.8) is 0 Å². The molecule has 0 heterocycles. The molecule has 0 aliphatic carbocycles. The molecule has 3 heteroatoms. The van der Waals surface area contributed by atoms with Gasteiger partial charge >= 0.3 is 0 Å². The van der Waals surface area contributed by atoms with E-state index in [0.717, 1.165) is 30.3 Å². The largest absolute Gasteiger partial charge is 0.320 e. The second kappa shape index (κ2) is 6.14. The molecule has 78 valence electrons. The van der Waals surface area contributed by atoms with Gasteiger partial charge in [-0.2, -0.15) is 0 Å². The van der Waals surface area contributed by atoms with Crippen molar-refractivity contribution < 1.29 is 4.39 Å². The molecule has 14 heavy (non-hydrogen) atoms. The van der Waals surface area contributed by atoms with Gasteiger partial charge in [-0.1, -0.05) is 22.0 Å². The van der Waals surface area contributed by atoms with Gasteiger partial charge in [-0.05, 0) is 50.6 Å². The Morgan fingerprint density at radius 1 is 1.36 bits per heavy atom. The number of halogens is 2. The summed E-state index contributed by atoms with van der Waals surface area (Å²) in [5, 5.41) is 3.11. The van der Waals surface area contributed by atoms with Crippen molar-refractivity contribution in [3.05, 3.63) is 34.1 Å². The first-order valence-electron chi connectivity index (χ1n) is 4.82. The first kappa shape index (κ1) is 11.7. The van der Waals surface area contributed by atoms with E-state index in [1.165, 1.54) is 17.7 Å². The Bertz CT molecular complexity index is 289. The van der Waals surface area contributed by atoms with E-state index >= 15 is 0 Å². The summed E-state index contributed by atoms with van der Waals surface area (Å²) in [6, 6.07) is 4.88. The fraction of sp³-hybridized carbons (Fsp3) is 0.455. The molecule has 0 radical (unpaired) electrons. The van der Waals surface area contributed by atoms with Crippen LogP contribution in [0.5, 0.6) is 0 Å². The van der Waals surface area contributed by atoms with Crippen LogP contribution < -0.4 is 5.32 Å². The van der Waals surface area contributed by atoms with Crippen LogP contribution in [0.4, 0.5) is 4.39 Å². The van der Waals surface area contributed by atoms with Gasteiger partial charge in [0.1, 0.15) is 5.82 Å². The van der Waals surface area contributed by atoms with Crippen LogP contribution in [0.3, 0.4) is 0 Å². The zero-order valence-corrected chi connectivity index (χ0v) is 9.90. The third kappa shape index (κ3) is 3.76. The third-order valence-corrected chi connectivity index (χ3v) is 2.88. The highest BCUT2D eigenvalue weighted by molar-refractivity contribution is 9.10. The molecular weight excluding hydrogens is 245 g/mol. The van der Waals surface area contributed by atoms with Crippen LogP contribution >= 0.6 is 15.9 Å². The Balaban J connectivity index is 2.42. The lowest BCUT2D eigenvalue weighted by atomic mass is 10.1. The van der Waals surface area contributed by atoms with E-state index < -0.39 is 0 Å². The van der Waals surface area contributed by atoms with Gasteiger partial charge in [-0.15, -0.1) is 0 Å². The van der Waals surface area contributed by atoms with Crippen LogP contribution in [-0.2, 0) is 6.42 Å². The van der Waals surface area contributed by atoms with Crippen LogP contribution in [0.2, 0.25) is 0 Å². The molecule has 1 N–H and O–H groups in total. The van der Waals surface area contributed by atoms with E-state index in [1.807, 2.05) is 13.1 Å². The van der Waals surface area contributed by atoms with E-state index in [0.29, 0.717) is 0 Å². The highest BCUT2D eigenvalue weighted by atomic mass is 79.9. The summed E-state index contributed by atoms with van der Waals surface area (Å²) in [6.45, 7) is 1.04. The van der Waals surface area contributed by atoms with Crippen LogP contribution in [0, 0.1) is 5.82 Å². The van der Waals surface area contributed by atoms with E-state index in [4.69, 9.17) is 0 Å². The molecular formula is C11H15BrFN. The highest BCUT2D eigenvalue weighted by Gasteiger charge is 2.00. The van der Waals surface area contributed by atoms with Gasteiger partial charge in [0.15, 0.2) is 0 Å². The average Bonchev–Trinajstić information content (AvgIpc) is 2.15. The second-order valence-electron chi connectivity index (χ2n) is 3.30. The zero-order valence-electron chi connectivity index (χ0n) is 8.32. The SMILES string of the molecule is CNCCCCc1ccc(F)cc1Br. The van der Waals surface area contributed by atoms with Crippen molar-refractivity contribution >= 4 is 15.9 Å². The van der Waals surface area contributed by atoms with Crippen molar-refractivity contribution in [1.82, 2.24) is 5.32 Å². The second-order valence-corrected chi connectivity index (χ2v) is 4.15. The van der Waals surface area contributed by atoms with Crippen LogP contribution in [0.15, 0.2) is 22.7 Å². The highest BCUT2D eigenvalue weighted by Crippen LogP contribution is 2.19. The average molecular weight is 260 g/mol. The molecule has 0 saturated heterocycles. The van der Waals surface area contributed by atoms with Gasteiger partial charge in [0.05, 0.1) is 0 Å². The summed E-state index contributed by atoms with van der Waals surface area (Å²) in [7, 11) is 1.95. The fourth-order valence-corrected chi connectivity index (χ4v) is 1.89. The van der Waals surface area contributed by atoms with Gasteiger partial charge in [0.25, 0.3) is 0 Å². The molecule has 0 bridgehead atoms. The molecule has 0 spiro atoms. The number of unbranched alkanes of at least 4 members (excludes halogenated alkanes) is 1. The number of benzene rings is 1. The number of hydrogen-bond donors (Lipinski definition) is 1. The molecule has 0 atom stereocenters. The molecule has 1 aromatic rings. The van der Waals surface area contributed by atoms with Crippen molar-refractivity contribution in [2.24, 2.45) is 0 Å². The Hall–Kier alpha value is -0.410. The predicted octanol–water partition coefficient (Wildman–Crippen LogP) is 3.13. The first-order valence-corrected chi connectivity index (χ1v) is 5.62. The smallest absolute Gasteiger partial charge is 0.124 e. The van der Waals surface area contributed by atoms with Crippen molar-refractivity contribution in [3.8, 4) is 0 Å². The van der Waals surface area contributed by atoms with E-state index in [-0.39, 0.29) is 5.82 Å². The lowest BCUT2D eigenvalue weighted by molar-refractivity contribution is 0.624. The fourth-order valence-electron chi connectivity index (χ4n) is 1.34. The van der Waals surface area contributed by atoms with Crippen molar-refractivity contribution in [2.75, 3.05) is 13.6 Å². The summed E-state index contributed by atoms with van der Waals surface area (Å²) in [6.07, 6.45) is 3.29. The molecule has 0 amide bonds. The molecule has 0 saturated carbocycles. The summed E-state index contributed by atoms with van der Waals surface area (Å²) < 4.78 is 13.6. The number of nitrogens with one attached hydrogen (secondary N) is 1. The third-order valence-electron chi connectivity index (χ3n) is 2.14. The van der Waals surface area contributed by atoms with Gasteiger partial charge in [-0.3, -0.25) is 0 Å². The molecule has 0 aliphatic heterocycles. The van der Waals surface area contributed by atoms with Crippen molar-refractivity contribution in [2.45, 2.75) is 19.3 Å².